The van der Waals surface area contributed by atoms with Crippen LogP contribution in [0.4, 0.5) is 4.39 Å². The third-order valence-electron chi connectivity index (χ3n) is 4.12. The maximum atomic E-state index is 13.8. The summed E-state index contributed by atoms with van der Waals surface area (Å²) in [4.78, 5) is 4.03. The van der Waals surface area contributed by atoms with E-state index in [1.807, 2.05) is 36.4 Å². The quantitative estimate of drug-likeness (QED) is 0.635. The molecule has 3 rings (SSSR count). The van der Waals surface area contributed by atoms with E-state index in [1.54, 1.807) is 6.20 Å². The van der Waals surface area contributed by atoms with Crippen molar-refractivity contribution in [2.45, 2.75) is 26.9 Å². The van der Waals surface area contributed by atoms with Crippen LogP contribution < -0.4 is 10.4 Å². The number of benzene rings is 2. The standard InChI is InChI=1S/C22H23FNOSi/c1-22(2,3)21(17-14-18(23)16-24-15-17)25-26(19-10-6-4-7-11-19)20-12-8-5-9-13-20/h4-16,21H,1-3H3. The summed E-state index contributed by atoms with van der Waals surface area (Å²) in [5, 5.41) is 2.34. The Balaban J connectivity index is 2.03. The van der Waals surface area contributed by atoms with Crippen molar-refractivity contribution in [1.82, 2.24) is 4.98 Å². The minimum atomic E-state index is -1.49. The first-order chi connectivity index (χ1) is 12.4. The van der Waals surface area contributed by atoms with Gasteiger partial charge < -0.3 is 4.43 Å². The van der Waals surface area contributed by atoms with Gasteiger partial charge in [-0.25, -0.2) is 4.39 Å². The monoisotopic (exact) mass is 364 g/mol. The van der Waals surface area contributed by atoms with E-state index < -0.39 is 9.04 Å². The highest BCUT2D eigenvalue weighted by molar-refractivity contribution is 6.80. The van der Waals surface area contributed by atoms with Gasteiger partial charge >= 0.3 is 0 Å². The summed E-state index contributed by atoms with van der Waals surface area (Å²) < 4.78 is 20.5. The molecule has 1 aromatic heterocycles. The van der Waals surface area contributed by atoms with Crippen LogP contribution in [0, 0.1) is 11.2 Å². The lowest BCUT2D eigenvalue weighted by molar-refractivity contribution is 0.0890. The van der Waals surface area contributed by atoms with E-state index in [2.05, 4.69) is 50.0 Å². The number of hydrogen-bond acceptors (Lipinski definition) is 2. The van der Waals surface area contributed by atoms with Crippen LogP contribution in [0.25, 0.3) is 0 Å². The molecule has 1 atom stereocenters. The first kappa shape index (κ1) is 18.5. The highest BCUT2D eigenvalue weighted by Gasteiger charge is 2.32. The van der Waals surface area contributed by atoms with Crippen LogP contribution in [0.1, 0.15) is 32.4 Å². The molecule has 2 aromatic carbocycles. The summed E-state index contributed by atoms with van der Waals surface area (Å²) in [6.45, 7) is 6.33. The fraction of sp³-hybridized carbons (Fsp3) is 0.227. The molecule has 2 nitrogen and oxygen atoms in total. The molecule has 4 heteroatoms. The Hall–Kier alpha value is -2.30. The van der Waals surface area contributed by atoms with Gasteiger partial charge in [0.05, 0.1) is 12.3 Å². The molecule has 0 saturated heterocycles. The molecule has 0 aliphatic carbocycles. The molecule has 0 bridgehead atoms. The Morgan fingerprint density at radius 1 is 0.885 bits per heavy atom. The van der Waals surface area contributed by atoms with E-state index in [4.69, 9.17) is 4.43 Å². The highest BCUT2D eigenvalue weighted by Crippen LogP contribution is 2.36. The average Bonchev–Trinajstić information content (AvgIpc) is 2.63. The fourth-order valence-corrected chi connectivity index (χ4v) is 5.24. The normalized spacial score (nSPS) is 13.0. The van der Waals surface area contributed by atoms with E-state index in [0.29, 0.717) is 0 Å². The molecule has 0 aliphatic rings. The van der Waals surface area contributed by atoms with Crippen molar-refractivity contribution in [2.24, 2.45) is 5.41 Å². The van der Waals surface area contributed by atoms with E-state index in [-0.39, 0.29) is 17.3 Å². The highest BCUT2D eigenvalue weighted by atomic mass is 28.3. The van der Waals surface area contributed by atoms with Crippen molar-refractivity contribution < 1.29 is 8.82 Å². The van der Waals surface area contributed by atoms with Crippen LogP contribution in [0.15, 0.2) is 79.1 Å². The molecule has 0 amide bonds. The minimum Gasteiger partial charge on any atom is -0.400 e. The summed E-state index contributed by atoms with van der Waals surface area (Å²) in [6.07, 6.45) is 2.66. The number of pyridine rings is 1. The van der Waals surface area contributed by atoms with Gasteiger partial charge in [0.2, 0.25) is 0 Å². The van der Waals surface area contributed by atoms with Crippen LogP contribution in [0.5, 0.6) is 0 Å². The summed E-state index contributed by atoms with van der Waals surface area (Å²) in [5.74, 6) is -0.339. The molecular weight excluding hydrogens is 341 g/mol. The zero-order chi connectivity index (χ0) is 18.6. The van der Waals surface area contributed by atoms with Crippen molar-refractivity contribution in [2.75, 3.05) is 0 Å². The number of nitrogens with zero attached hydrogens (tertiary/aromatic N) is 1. The average molecular weight is 365 g/mol. The third-order valence-corrected chi connectivity index (χ3v) is 6.31. The van der Waals surface area contributed by atoms with Crippen LogP contribution >= 0.6 is 0 Å². The zero-order valence-electron chi connectivity index (χ0n) is 15.3. The maximum absolute atomic E-state index is 13.8. The van der Waals surface area contributed by atoms with E-state index in [9.17, 15) is 4.39 Å². The molecular formula is C22H23FNOSi. The van der Waals surface area contributed by atoms with Crippen LogP contribution in [-0.2, 0) is 4.43 Å². The SMILES string of the molecule is CC(C)(C)C(O[Si](c1ccccc1)c1ccccc1)c1cncc(F)c1. The Morgan fingerprint density at radius 3 is 1.88 bits per heavy atom. The van der Waals surface area contributed by atoms with E-state index in [0.717, 1.165) is 5.56 Å². The topological polar surface area (TPSA) is 22.1 Å². The van der Waals surface area contributed by atoms with Crippen molar-refractivity contribution in [1.29, 1.82) is 0 Å². The van der Waals surface area contributed by atoms with Gasteiger partial charge in [-0.3, -0.25) is 4.98 Å². The smallest absolute Gasteiger partial charge is 0.283 e. The second-order valence-electron chi connectivity index (χ2n) is 7.36. The predicted octanol–water partition coefficient (Wildman–Crippen LogP) is 4.13. The molecule has 0 aliphatic heterocycles. The second kappa shape index (κ2) is 7.93. The van der Waals surface area contributed by atoms with Crippen LogP contribution in [0.3, 0.4) is 0 Å². The Labute approximate surface area is 156 Å². The molecule has 133 valence electrons. The number of halogens is 1. The van der Waals surface area contributed by atoms with Gasteiger partial charge in [-0.05, 0) is 21.9 Å². The summed E-state index contributed by atoms with van der Waals surface area (Å²) in [7, 11) is -1.49. The molecule has 26 heavy (non-hydrogen) atoms. The van der Waals surface area contributed by atoms with Crippen molar-refractivity contribution >= 4 is 19.4 Å². The molecule has 3 aromatic rings. The molecule has 0 fully saturated rings. The van der Waals surface area contributed by atoms with E-state index >= 15 is 0 Å². The Bertz CT molecular complexity index is 794. The molecule has 0 saturated carbocycles. The molecule has 1 radical (unpaired) electrons. The van der Waals surface area contributed by atoms with Crippen LogP contribution in [-0.4, -0.2) is 14.0 Å². The number of aromatic nitrogens is 1. The van der Waals surface area contributed by atoms with Gasteiger partial charge in [0.15, 0.2) is 0 Å². The summed E-state index contributed by atoms with van der Waals surface area (Å²) >= 11 is 0. The van der Waals surface area contributed by atoms with Gasteiger partial charge in [-0.15, -0.1) is 0 Å². The van der Waals surface area contributed by atoms with Crippen molar-refractivity contribution in [3.63, 3.8) is 0 Å². The van der Waals surface area contributed by atoms with Gasteiger partial charge in [-0.2, -0.15) is 0 Å². The first-order valence-electron chi connectivity index (χ1n) is 8.70. The summed E-state index contributed by atoms with van der Waals surface area (Å²) in [6, 6.07) is 22.1. The zero-order valence-corrected chi connectivity index (χ0v) is 16.3. The van der Waals surface area contributed by atoms with Crippen LogP contribution in [0.2, 0.25) is 0 Å². The van der Waals surface area contributed by atoms with Crippen molar-refractivity contribution in [3.8, 4) is 0 Å². The Kier molecular flexibility index (Phi) is 5.64. The minimum absolute atomic E-state index is 0.199. The Morgan fingerprint density at radius 2 is 1.42 bits per heavy atom. The predicted molar refractivity (Wildman–Crippen MR) is 105 cm³/mol. The van der Waals surface area contributed by atoms with Gasteiger partial charge in [0, 0.05) is 11.8 Å². The number of hydrogen-bond donors (Lipinski definition) is 0. The fourth-order valence-electron chi connectivity index (χ4n) is 2.92. The maximum Gasteiger partial charge on any atom is 0.283 e. The van der Waals surface area contributed by atoms with Crippen molar-refractivity contribution in [3.05, 3.63) is 90.5 Å². The van der Waals surface area contributed by atoms with Gasteiger partial charge in [-0.1, -0.05) is 81.4 Å². The lowest BCUT2D eigenvalue weighted by Gasteiger charge is -2.34. The molecule has 1 heterocycles. The summed E-state index contributed by atoms with van der Waals surface area (Å²) in [5.41, 5.74) is 0.571. The largest absolute Gasteiger partial charge is 0.400 e. The third kappa shape index (κ3) is 4.45. The second-order valence-corrected chi connectivity index (χ2v) is 9.41. The molecule has 1 unspecified atom stereocenters. The van der Waals surface area contributed by atoms with Gasteiger partial charge in [0.25, 0.3) is 9.04 Å². The lowest BCUT2D eigenvalue weighted by Crippen LogP contribution is -2.47. The molecule has 0 spiro atoms. The molecule has 0 N–H and O–H groups in total. The van der Waals surface area contributed by atoms with Gasteiger partial charge in [0.1, 0.15) is 5.82 Å². The number of rotatable bonds is 5. The van der Waals surface area contributed by atoms with E-state index in [1.165, 1.54) is 22.6 Å². The lowest BCUT2D eigenvalue weighted by atomic mass is 9.85. The first-order valence-corrected chi connectivity index (χ1v) is 10.1.